The topological polar surface area (TPSA) is 34.1 Å². The Morgan fingerprint density at radius 3 is 2.94 bits per heavy atom. The van der Waals surface area contributed by atoms with Crippen molar-refractivity contribution in [3.05, 3.63) is 53.2 Å². The molecule has 0 spiro atoms. The van der Waals surface area contributed by atoms with Crippen LogP contribution in [0.15, 0.2) is 42.6 Å². The van der Waals surface area contributed by atoms with Gasteiger partial charge >= 0.3 is 0 Å². The van der Waals surface area contributed by atoms with Gasteiger partial charge in [-0.15, -0.1) is 0 Å². The highest BCUT2D eigenvalue weighted by atomic mass is 35.5. The number of halogens is 1. The van der Waals surface area contributed by atoms with Crippen LogP contribution in [0.1, 0.15) is 11.6 Å². The van der Waals surface area contributed by atoms with Crippen molar-refractivity contribution in [1.29, 1.82) is 0 Å². The van der Waals surface area contributed by atoms with Crippen molar-refractivity contribution in [1.82, 2.24) is 4.98 Å². The predicted octanol–water partition coefficient (Wildman–Crippen LogP) is 3.28. The van der Waals surface area contributed by atoms with Gasteiger partial charge in [-0.05, 0) is 18.2 Å². The quantitative estimate of drug-likeness (QED) is 0.883. The van der Waals surface area contributed by atoms with Crippen LogP contribution in [0.4, 0.5) is 5.82 Å². The number of fused-ring (bicyclic) bond motifs is 1. The van der Waals surface area contributed by atoms with E-state index >= 15 is 0 Å². The number of hydrogen-bond donors (Lipinski definition) is 1. The van der Waals surface area contributed by atoms with E-state index in [9.17, 15) is 0 Å². The van der Waals surface area contributed by atoms with E-state index in [1.807, 2.05) is 30.3 Å². The average Bonchev–Trinajstić information content (AvgIpc) is 2.76. The molecule has 1 N–H and O–H groups in total. The van der Waals surface area contributed by atoms with Crippen LogP contribution in [0.3, 0.4) is 0 Å². The van der Waals surface area contributed by atoms with Crippen molar-refractivity contribution < 1.29 is 4.74 Å². The fraction of sp³-hybridized carbons (Fsp3) is 0.154. The fourth-order valence-corrected chi connectivity index (χ4v) is 2.03. The molecule has 0 bridgehead atoms. The van der Waals surface area contributed by atoms with E-state index in [1.165, 1.54) is 5.56 Å². The first-order valence-corrected chi connectivity index (χ1v) is 5.80. The van der Waals surface area contributed by atoms with Crippen LogP contribution < -0.4 is 10.1 Å². The summed E-state index contributed by atoms with van der Waals surface area (Å²) in [6.45, 7) is 0.629. The summed E-state index contributed by atoms with van der Waals surface area (Å²) in [6, 6.07) is 11.9. The summed E-state index contributed by atoms with van der Waals surface area (Å²) >= 11 is 5.79. The van der Waals surface area contributed by atoms with Gasteiger partial charge in [0, 0.05) is 11.8 Å². The lowest BCUT2D eigenvalue weighted by atomic mass is 10.1. The van der Waals surface area contributed by atoms with Crippen molar-refractivity contribution in [3.8, 4) is 5.75 Å². The van der Waals surface area contributed by atoms with E-state index in [-0.39, 0.29) is 6.04 Å². The van der Waals surface area contributed by atoms with Crippen LogP contribution in [0.2, 0.25) is 5.02 Å². The first-order chi connectivity index (χ1) is 8.33. The molecule has 1 aromatic heterocycles. The molecule has 0 fully saturated rings. The van der Waals surface area contributed by atoms with Gasteiger partial charge in [0.15, 0.2) is 0 Å². The zero-order valence-corrected chi connectivity index (χ0v) is 9.82. The van der Waals surface area contributed by atoms with Crippen LogP contribution in [-0.4, -0.2) is 11.6 Å². The summed E-state index contributed by atoms with van der Waals surface area (Å²) < 4.78 is 5.59. The van der Waals surface area contributed by atoms with Gasteiger partial charge in [0.2, 0.25) is 0 Å². The molecule has 1 aromatic carbocycles. The van der Waals surface area contributed by atoms with Crippen molar-refractivity contribution in [2.75, 3.05) is 11.9 Å². The highest BCUT2D eigenvalue weighted by Gasteiger charge is 2.23. The minimum absolute atomic E-state index is 0.153. The van der Waals surface area contributed by atoms with E-state index in [1.54, 1.807) is 6.20 Å². The first-order valence-electron chi connectivity index (χ1n) is 5.43. The fourth-order valence-electron chi connectivity index (χ4n) is 1.92. The first kappa shape index (κ1) is 10.4. The van der Waals surface area contributed by atoms with Crippen LogP contribution in [0, 0.1) is 0 Å². The van der Waals surface area contributed by atoms with Crippen molar-refractivity contribution in [2.45, 2.75) is 6.04 Å². The smallest absolute Gasteiger partial charge is 0.126 e. The SMILES string of the molecule is Clc1ccc(NC2COc3ccccc32)nc1. The zero-order valence-electron chi connectivity index (χ0n) is 9.06. The molecule has 3 rings (SSSR count). The number of benzene rings is 1. The lowest BCUT2D eigenvalue weighted by molar-refractivity contribution is 0.339. The standard InChI is InChI=1S/C13H11ClN2O/c14-9-5-6-13(15-7-9)16-11-8-17-12-4-2-1-3-10(11)12/h1-7,11H,8H2,(H,15,16). The molecule has 0 radical (unpaired) electrons. The van der Waals surface area contributed by atoms with Crippen LogP contribution in [-0.2, 0) is 0 Å². The van der Waals surface area contributed by atoms with Crippen molar-refractivity contribution >= 4 is 17.4 Å². The van der Waals surface area contributed by atoms with Gasteiger partial charge in [-0.2, -0.15) is 0 Å². The van der Waals surface area contributed by atoms with Gasteiger partial charge in [0.25, 0.3) is 0 Å². The van der Waals surface area contributed by atoms with Crippen LogP contribution in [0.5, 0.6) is 5.75 Å². The summed E-state index contributed by atoms with van der Waals surface area (Å²) in [5, 5.41) is 3.97. The van der Waals surface area contributed by atoms with E-state index in [2.05, 4.69) is 16.4 Å². The Kier molecular flexibility index (Phi) is 2.61. The summed E-state index contributed by atoms with van der Waals surface area (Å²) in [7, 11) is 0. The third-order valence-electron chi connectivity index (χ3n) is 2.75. The second-order valence-electron chi connectivity index (χ2n) is 3.91. The third kappa shape index (κ3) is 2.06. The molecule has 1 atom stereocenters. The Hall–Kier alpha value is -1.74. The molecule has 1 aliphatic rings. The second kappa shape index (κ2) is 4.26. The highest BCUT2D eigenvalue weighted by Crippen LogP contribution is 2.33. The van der Waals surface area contributed by atoms with Gasteiger partial charge in [0.05, 0.1) is 11.1 Å². The van der Waals surface area contributed by atoms with Crippen molar-refractivity contribution in [2.24, 2.45) is 0 Å². The second-order valence-corrected chi connectivity index (χ2v) is 4.34. The number of nitrogens with one attached hydrogen (secondary N) is 1. The number of hydrogen-bond acceptors (Lipinski definition) is 3. The Labute approximate surface area is 104 Å². The molecular weight excluding hydrogens is 236 g/mol. The molecule has 1 aliphatic heterocycles. The molecule has 86 valence electrons. The van der Waals surface area contributed by atoms with E-state index in [0.29, 0.717) is 11.6 Å². The summed E-state index contributed by atoms with van der Waals surface area (Å²) in [5.74, 6) is 1.75. The minimum atomic E-state index is 0.153. The normalized spacial score (nSPS) is 17.4. The molecule has 1 unspecified atom stereocenters. The highest BCUT2D eigenvalue weighted by molar-refractivity contribution is 6.30. The number of aromatic nitrogens is 1. The number of nitrogens with zero attached hydrogens (tertiary/aromatic N) is 1. The molecular formula is C13H11ClN2O. The predicted molar refractivity (Wildman–Crippen MR) is 67.5 cm³/mol. The number of rotatable bonds is 2. The van der Waals surface area contributed by atoms with Gasteiger partial charge in [-0.1, -0.05) is 29.8 Å². The number of anilines is 1. The monoisotopic (exact) mass is 246 g/mol. The molecule has 0 saturated carbocycles. The van der Waals surface area contributed by atoms with Crippen LogP contribution in [0.25, 0.3) is 0 Å². The number of ether oxygens (including phenoxy) is 1. The van der Waals surface area contributed by atoms with E-state index in [0.717, 1.165) is 11.6 Å². The average molecular weight is 247 g/mol. The van der Waals surface area contributed by atoms with Crippen LogP contribution >= 0.6 is 11.6 Å². The Morgan fingerprint density at radius 2 is 2.12 bits per heavy atom. The van der Waals surface area contributed by atoms with E-state index in [4.69, 9.17) is 16.3 Å². The van der Waals surface area contributed by atoms with Gasteiger partial charge in [-0.3, -0.25) is 0 Å². The lowest BCUT2D eigenvalue weighted by Crippen LogP contribution is -2.12. The van der Waals surface area contributed by atoms with E-state index < -0.39 is 0 Å². The molecule has 4 heteroatoms. The largest absolute Gasteiger partial charge is 0.491 e. The zero-order chi connectivity index (χ0) is 11.7. The maximum absolute atomic E-state index is 5.79. The summed E-state index contributed by atoms with van der Waals surface area (Å²) in [4.78, 5) is 4.22. The molecule has 17 heavy (non-hydrogen) atoms. The third-order valence-corrected chi connectivity index (χ3v) is 2.97. The Bertz CT molecular complexity index is 527. The minimum Gasteiger partial charge on any atom is -0.491 e. The molecule has 2 aromatic rings. The lowest BCUT2D eigenvalue weighted by Gasteiger charge is -2.11. The number of pyridine rings is 1. The van der Waals surface area contributed by atoms with Gasteiger partial charge < -0.3 is 10.1 Å². The molecule has 0 aliphatic carbocycles. The Morgan fingerprint density at radius 1 is 1.24 bits per heavy atom. The van der Waals surface area contributed by atoms with Crippen molar-refractivity contribution in [3.63, 3.8) is 0 Å². The molecule has 0 amide bonds. The molecule has 3 nitrogen and oxygen atoms in total. The molecule has 2 heterocycles. The summed E-state index contributed by atoms with van der Waals surface area (Å²) in [6.07, 6.45) is 1.63. The Balaban J connectivity index is 1.81. The van der Waals surface area contributed by atoms with Gasteiger partial charge in [0.1, 0.15) is 18.2 Å². The van der Waals surface area contributed by atoms with Gasteiger partial charge in [-0.25, -0.2) is 4.98 Å². The maximum Gasteiger partial charge on any atom is 0.126 e. The maximum atomic E-state index is 5.79. The molecule has 0 saturated heterocycles. The number of para-hydroxylation sites is 1. The summed E-state index contributed by atoms with van der Waals surface area (Å²) in [5.41, 5.74) is 1.17.